The number of hydrogen-bond acceptors (Lipinski definition) is 3. The van der Waals surface area contributed by atoms with Gasteiger partial charge in [-0.05, 0) is 24.6 Å². The first-order valence-electron chi connectivity index (χ1n) is 5.65. The molecule has 90 valence electrons. The number of Topliss-reactive ketones (excluding diaryl/α,β-unsaturated/α-hetero) is 1. The SMILES string of the molecule is C=C(Nc1ccccn1)c1ccc(C(C)=O)cc1. The monoisotopic (exact) mass is 238 g/mol. The predicted octanol–water partition coefficient (Wildman–Crippen LogP) is 3.37. The Bertz CT molecular complexity index is 559. The predicted molar refractivity (Wildman–Crippen MR) is 73.3 cm³/mol. The van der Waals surface area contributed by atoms with Crippen LogP contribution >= 0.6 is 0 Å². The minimum Gasteiger partial charge on any atom is -0.340 e. The summed E-state index contributed by atoms with van der Waals surface area (Å²) in [7, 11) is 0. The molecule has 3 heteroatoms. The van der Waals surface area contributed by atoms with Gasteiger partial charge in [-0.2, -0.15) is 0 Å². The maximum absolute atomic E-state index is 11.2. The third-order valence-electron chi connectivity index (χ3n) is 2.58. The fraction of sp³-hybridized carbons (Fsp3) is 0.0667. The summed E-state index contributed by atoms with van der Waals surface area (Å²) >= 11 is 0. The standard InChI is InChI=1S/C15H14N2O/c1-11(17-15-5-3-4-10-16-15)13-6-8-14(9-7-13)12(2)18/h3-10H,1H2,2H3,(H,16,17). The van der Waals surface area contributed by atoms with Crippen molar-refractivity contribution in [3.05, 3.63) is 66.4 Å². The average Bonchev–Trinajstić information content (AvgIpc) is 2.40. The van der Waals surface area contributed by atoms with Crippen molar-refractivity contribution in [2.24, 2.45) is 0 Å². The molecular formula is C15H14N2O. The number of pyridine rings is 1. The highest BCUT2D eigenvalue weighted by molar-refractivity contribution is 5.94. The second-order valence-electron chi connectivity index (χ2n) is 3.95. The minimum atomic E-state index is 0.0600. The second-order valence-corrected chi connectivity index (χ2v) is 3.95. The van der Waals surface area contributed by atoms with E-state index in [9.17, 15) is 4.79 Å². The second kappa shape index (κ2) is 5.27. The van der Waals surface area contributed by atoms with Crippen molar-refractivity contribution in [1.82, 2.24) is 4.98 Å². The molecule has 1 aromatic carbocycles. The van der Waals surface area contributed by atoms with E-state index < -0.39 is 0 Å². The van der Waals surface area contributed by atoms with Crippen LogP contribution in [-0.2, 0) is 0 Å². The highest BCUT2D eigenvalue weighted by Crippen LogP contribution is 2.16. The van der Waals surface area contributed by atoms with Crippen molar-refractivity contribution < 1.29 is 4.79 Å². The lowest BCUT2D eigenvalue weighted by Crippen LogP contribution is -1.99. The molecule has 18 heavy (non-hydrogen) atoms. The fourth-order valence-corrected chi connectivity index (χ4v) is 1.57. The van der Waals surface area contributed by atoms with E-state index in [1.165, 1.54) is 0 Å². The molecule has 0 amide bonds. The first kappa shape index (κ1) is 12.0. The Kier molecular flexibility index (Phi) is 3.53. The number of rotatable bonds is 4. The highest BCUT2D eigenvalue weighted by atomic mass is 16.1. The molecule has 0 aliphatic rings. The van der Waals surface area contributed by atoms with E-state index in [1.807, 2.05) is 30.3 Å². The van der Waals surface area contributed by atoms with E-state index in [0.29, 0.717) is 5.56 Å². The number of nitrogens with one attached hydrogen (secondary N) is 1. The van der Waals surface area contributed by atoms with Crippen LogP contribution in [0.4, 0.5) is 5.82 Å². The molecule has 2 rings (SSSR count). The lowest BCUT2D eigenvalue weighted by atomic mass is 10.1. The number of anilines is 1. The van der Waals surface area contributed by atoms with Crippen LogP contribution in [0.1, 0.15) is 22.8 Å². The normalized spacial score (nSPS) is 9.83. The fourth-order valence-electron chi connectivity index (χ4n) is 1.57. The van der Waals surface area contributed by atoms with Crippen LogP contribution in [0.25, 0.3) is 5.70 Å². The summed E-state index contributed by atoms with van der Waals surface area (Å²) < 4.78 is 0. The first-order valence-corrected chi connectivity index (χ1v) is 5.65. The van der Waals surface area contributed by atoms with Gasteiger partial charge in [0.25, 0.3) is 0 Å². The Morgan fingerprint density at radius 3 is 2.33 bits per heavy atom. The van der Waals surface area contributed by atoms with Gasteiger partial charge in [-0.1, -0.05) is 36.9 Å². The van der Waals surface area contributed by atoms with E-state index >= 15 is 0 Å². The minimum absolute atomic E-state index is 0.0600. The molecule has 1 aromatic heterocycles. The average molecular weight is 238 g/mol. The Morgan fingerprint density at radius 2 is 1.78 bits per heavy atom. The van der Waals surface area contributed by atoms with Crippen molar-refractivity contribution in [3.8, 4) is 0 Å². The van der Waals surface area contributed by atoms with Gasteiger partial charge in [-0.15, -0.1) is 0 Å². The number of nitrogens with zero attached hydrogens (tertiary/aromatic N) is 1. The molecule has 0 saturated heterocycles. The third-order valence-corrected chi connectivity index (χ3v) is 2.58. The van der Waals surface area contributed by atoms with Gasteiger partial charge in [-0.25, -0.2) is 4.98 Å². The van der Waals surface area contributed by atoms with E-state index in [4.69, 9.17) is 0 Å². The number of hydrogen-bond donors (Lipinski definition) is 1. The molecule has 0 spiro atoms. The van der Waals surface area contributed by atoms with Gasteiger partial charge >= 0.3 is 0 Å². The number of ketones is 1. The zero-order valence-electron chi connectivity index (χ0n) is 10.2. The molecule has 2 aromatic rings. The van der Waals surface area contributed by atoms with Crippen LogP contribution in [0.15, 0.2) is 55.2 Å². The van der Waals surface area contributed by atoms with Gasteiger partial charge in [0.15, 0.2) is 5.78 Å². The summed E-state index contributed by atoms with van der Waals surface area (Å²) in [6, 6.07) is 13.0. The highest BCUT2D eigenvalue weighted by Gasteiger charge is 2.02. The molecule has 0 bridgehead atoms. The maximum Gasteiger partial charge on any atom is 0.159 e. The molecule has 0 aliphatic heterocycles. The zero-order chi connectivity index (χ0) is 13.0. The van der Waals surface area contributed by atoms with Gasteiger partial charge in [0.1, 0.15) is 5.82 Å². The molecule has 0 radical (unpaired) electrons. The maximum atomic E-state index is 11.2. The van der Waals surface area contributed by atoms with Crippen molar-refractivity contribution in [1.29, 1.82) is 0 Å². The number of benzene rings is 1. The van der Waals surface area contributed by atoms with Gasteiger partial charge in [0, 0.05) is 17.5 Å². The van der Waals surface area contributed by atoms with E-state index in [0.717, 1.165) is 17.1 Å². The summed E-state index contributed by atoms with van der Waals surface area (Å²) in [6.07, 6.45) is 1.72. The van der Waals surface area contributed by atoms with Crippen LogP contribution in [0.5, 0.6) is 0 Å². The summed E-state index contributed by atoms with van der Waals surface area (Å²) in [5, 5.41) is 3.12. The van der Waals surface area contributed by atoms with E-state index in [-0.39, 0.29) is 5.78 Å². The van der Waals surface area contributed by atoms with Crippen LogP contribution in [0.2, 0.25) is 0 Å². The molecule has 1 N–H and O–H groups in total. The quantitative estimate of drug-likeness (QED) is 0.830. The van der Waals surface area contributed by atoms with Crippen LogP contribution < -0.4 is 5.32 Å². The Hall–Kier alpha value is -2.42. The lowest BCUT2D eigenvalue weighted by Gasteiger charge is -2.09. The van der Waals surface area contributed by atoms with Crippen molar-refractivity contribution in [3.63, 3.8) is 0 Å². The van der Waals surface area contributed by atoms with Gasteiger partial charge in [-0.3, -0.25) is 4.79 Å². The Balaban J connectivity index is 2.12. The molecular weight excluding hydrogens is 224 g/mol. The summed E-state index contributed by atoms with van der Waals surface area (Å²) in [5.74, 6) is 0.808. The molecule has 1 heterocycles. The van der Waals surface area contributed by atoms with E-state index in [1.54, 1.807) is 25.3 Å². The smallest absolute Gasteiger partial charge is 0.159 e. The van der Waals surface area contributed by atoms with Crippen LogP contribution in [0, 0.1) is 0 Å². The lowest BCUT2D eigenvalue weighted by molar-refractivity contribution is 0.101. The zero-order valence-corrected chi connectivity index (χ0v) is 10.2. The Labute approximate surface area is 106 Å². The van der Waals surface area contributed by atoms with Crippen molar-refractivity contribution in [2.45, 2.75) is 6.92 Å². The summed E-state index contributed by atoms with van der Waals surface area (Å²) in [5.41, 5.74) is 2.39. The van der Waals surface area contributed by atoms with Gasteiger partial charge < -0.3 is 5.32 Å². The van der Waals surface area contributed by atoms with Crippen molar-refractivity contribution in [2.75, 3.05) is 5.32 Å². The van der Waals surface area contributed by atoms with Gasteiger partial charge in [0.05, 0.1) is 0 Å². The van der Waals surface area contributed by atoms with Crippen LogP contribution in [-0.4, -0.2) is 10.8 Å². The third kappa shape index (κ3) is 2.83. The van der Waals surface area contributed by atoms with Crippen LogP contribution in [0.3, 0.4) is 0 Å². The molecule has 0 atom stereocenters. The van der Waals surface area contributed by atoms with Crippen molar-refractivity contribution >= 4 is 17.3 Å². The Morgan fingerprint density at radius 1 is 1.11 bits per heavy atom. The molecule has 0 unspecified atom stereocenters. The summed E-state index contributed by atoms with van der Waals surface area (Å²) in [6.45, 7) is 5.51. The number of carbonyl (C=O) groups excluding carboxylic acids is 1. The first-order chi connectivity index (χ1) is 8.66. The molecule has 0 fully saturated rings. The molecule has 3 nitrogen and oxygen atoms in total. The largest absolute Gasteiger partial charge is 0.340 e. The van der Waals surface area contributed by atoms with E-state index in [2.05, 4.69) is 16.9 Å². The molecule has 0 aliphatic carbocycles. The number of aromatic nitrogens is 1. The number of carbonyl (C=O) groups is 1. The van der Waals surface area contributed by atoms with Gasteiger partial charge in [0.2, 0.25) is 0 Å². The topological polar surface area (TPSA) is 42.0 Å². The molecule has 0 saturated carbocycles. The summed E-state index contributed by atoms with van der Waals surface area (Å²) in [4.78, 5) is 15.3.